The highest BCUT2D eigenvalue weighted by atomic mass is 31.0. The van der Waals surface area contributed by atoms with E-state index in [0.29, 0.717) is 26.2 Å². The van der Waals surface area contributed by atoms with Gasteiger partial charge in [0.2, 0.25) is 0 Å². The zero-order chi connectivity index (χ0) is 31.5. The Balaban J connectivity index is 1.13. The summed E-state index contributed by atoms with van der Waals surface area (Å²) < 4.78 is 12.5. The van der Waals surface area contributed by atoms with Crippen molar-refractivity contribution in [2.45, 2.75) is 23.4 Å². The molecule has 0 saturated carbocycles. The minimum Gasteiger partial charge on any atom is -0.448 e. The Morgan fingerprint density at radius 1 is 0.739 bits per heavy atom. The predicted molar refractivity (Wildman–Crippen MR) is 187 cm³/mol. The highest BCUT2D eigenvalue weighted by molar-refractivity contribution is 7.17. The second-order valence-corrected chi connectivity index (χ2v) is 12.9. The molecular weight excluding hydrogens is 587 g/mol. The summed E-state index contributed by atoms with van der Waals surface area (Å²) in [4.78, 5) is 17.6. The molecule has 3 atom stereocenters. The Morgan fingerprint density at radius 2 is 1.20 bits per heavy atom. The molecule has 5 aromatic rings. The van der Waals surface area contributed by atoms with Crippen molar-refractivity contribution in [3.63, 3.8) is 0 Å². The predicted octanol–water partition coefficient (Wildman–Crippen LogP) is 7.76. The number of carbonyl (C=O) groups is 1. The van der Waals surface area contributed by atoms with E-state index in [9.17, 15) is 4.79 Å². The molecule has 1 aliphatic heterocycles. The Labute approximate surface area is 274 Å². The van der Waals surface area contributed by atoms with Crippen molar-refractivity contribution in [3.05, 3.63) is 167 Å². The fraction of sp³-hybridized carbons (Fsp3) is 0.225. The highest BCUT2D eigenvalue weighted by Crippen LogP contribution is 2.45. The van der Waals surface area contributed by atoms with Crippen LogP contribution in [0.25, 0.3) is 11.1 Å². The summed E-state index contributed by atoms with van der Waals surface area (Å²) in [6, 6.07) is 48.9. The number of amides is 1. The maximum absolute atomic E-state index is 13.5. The number of morpholine rings is 1. The van der Waals surface area contributed by atoms with Crippen molar-refractivity contribution in [2.24, 2.45) is 0 Å². The van der Waals surface area contributed by atoms with Gasteiger partial charge in [-0.05, 0) is 38.9 Å². The summed E-state index contributed by atoms with van der Waals surface area (Å²) >= 11 is 0. The number of rotatable bonds is 8. The van der Waals surface area contributed by atoms with Gasteiger partial charge in [0.15, 0.2) is 0 Å². The van der Waals surface area contributed by atoms with Crippen LogP contribution in [0.2, 0.25) is 0 Å². The Bertz CT molecular complexity index is 1640. The average Bonchev–Trinajstić information content (AvgIpc) is 3.42. The van der Waals surface area contributed by atoms with Crippen molar-refractivity contribution in [2.75, 3.05) is 33.3 Å². The molecule has 7 rings (SSSR count). The molecule has 1 heterocycles. The molecule has 2 aliphatic rings. The first-order chi connectivity index (χ1) is 22.6. The average molecular weight is 627 g/mol. The number of benzene rings is 5. The molecule has 232 valence electrons. The van der Waals surface area contributed by atoms with Crippen LogP contribution in [-0.2, 0) is 15.0 Å². The number of likely N-dealkylation sites (N-methyl/N-ethyl adjacent to an activating group) is 1. The third-order valence-electron chi connectivity index (χ3n) is 9.37. The van der Waals surface area contributed by atoms with Crippen molar-refractivity contribution in [1.29, 1.82) is 0 Å². The normalized spacial score (nSPS) is 18.0. The number of fused-ring (bicyclic) bond motifs is 3. The number of nitrogens with zero attached hydrogens (tertiary/aromatic N) is 2. The van der Waals surface area contributed by atoms with Crippen molar-refractivity contribution >= 4 is 15.3 Å². The van der Waals surface area contributed by atoms with E-state index >= 15 is 0 Å². The summed E-state index contributed by atoms with van der Waals surface area (Å²) in [6.45, 7) is 2.03. The molecule has 6 heteroatoms. The van der Waals surface area contributed by atoms with Gasteiger partial charge >= 0.3 is 6.09 Å². The lowest BCUT2D eigenvalue weighted by molar-refractivity contribution is -0.0772. The first kappa shape index (κ1) is 30.4. The van der Waals surface area contributed by atoms with Gasteiger partial charge in [0.25, 0.3) is 0 Å². The molecule has 1 aliphatic carbocycles. The molecule has 0 radical (unpaired) electrons. The lowest BCUT2D eigenvalue weighted by Gasteiger charge is -2.50. The molecule has 0 bridgehead atoms. The van der Waals surface area contributed by atoms with E-state index in [4.69, 9.17) is 9.47 Å². The first-order valence-electron chi connectivity index (χ1n) is 15.9. The minimum absolute atomic E-state index is 0.0193. The topological polar surface area (TPSA) is 42.0 Å². The Morgan fingerprint density at radius 3 is 1.70 bits per heavy atom. The summed E-state index contributed by atoms with van der Waals surface area (Å²) in [5, 5.41) is 0. The second kappa shape index (κ2) is 13.2. The summed E-state index contributed by atoms with van der Waals surface area (Å²) in [6.07, 6.45) is -0.569. The van der Waals surface area contributed by atoms with Crippen molar-refractivity contribution < 1.29 is 14.3 Å². The van der Waals surface area contributed by atoms with Gasteiger partial charge in [-0.3, -0.25) is 4.90 Å². The molecule has 1 saturated heterocycles. The quantitative estimate of drug-likeness (QED) is 0.130. The maximum atomic E-state index is 13.5. The van der Waals surface area contributed by atoms with E-state index in [1.807, 2.05) is 0 Å². The molecule has 0 N–H and O–H groups in total. The number of ether oxygens (including phenoxy) is 2. The molecule has 1 fully saturated rings. The van der Waals surface area contributed by atoms with Gasteiger partial charge in [-0.15, -0.1) is 9.24 Å². The van der Waals surface area contributed by atoms with E-state index in [0.717, 1.165) is 0 Å². The fourth-order valence-electron chi connectivity index (χ4n) is 7.42. The molecule has 5 aromatic carbocycles. The zero-order valence-electron chi connectivity index (χ0n) is 26.0. The highest BCUT2D eigenvalue weighted by Gasteiger charge is 2.45. The number of hydrogen-bond donors (Lipinski definition) is 0. The monoisotopic (exact) mass is 626 g/mol. The fourth-order valence-corrected chi connectivity index (χ4v) is 7.89. The van der Waals surface area contributed by atoms with E-state index in [2.05, 4.69) is 154 Å². The van der Waals surface area contributed by atoms with Crippen LogP contribution in [-0.4, -0.2) is 61.1 Å². The van der Waals surface area contributed by atoms with Crippen molar-refractivity contribution in [1.82, 2.24) is 9.80 Å². The van der Waals surface area contributed by atoms with Crippen LogP contribution in [0, 0.1) is 0 Å². The molecular formula is C40H39N2O3P. The summed E-state index contributed by atoms with van der Waals surface area (Å²) in [7, 11) is 4.68. The van der Waals surface area contributed by atoms with Gasteiger partial charge in [-0.2, -0.15) is 0 Å². The third kappa shape index (κ3) is 5.64. The van der Waals surface area contributed by atoms with Gasteiger partial charge in [-0.1, -0.05) is 140 Å². The molecule has 0 spiro atoms. The Hall–Kier alpha value is -4.28. The first-order valence-corrected chi connectivity index (χ1v) is 16.6. The zero-order valence-corrected chi connectivity index (χ0v) is 27.2. The van der Waals surface area contributed by atoms with Gasteiger partial charge in [-0.25, -0.2) is 4.79 Å². The smallest absolute Gasteiger partial charge is 0.409 e. The lowest BCUT2D eigenvalue weighted by Crippen LogP contribution is -2.58. The number of hydrogen-bond acceptors (Lipinski definition) is 4. The summed E-state index contributed by atoms with van der Waals surface area (Å²) in [5.41, 5.74) is 7.86. The largest absolute Gasteiger partial charge is 0.448 e. The van der Waals surface area contributed by atoms with Gasteiger partial charge < -0.3 is 14.4 Å². The van der Waals surface area contributed by atoms with Gasteiger partial charge in [0, 0.05) is 26.1 Å². The molecule has 46 heavy (non-hydrogen) atoms. The van der Waals surface area contributed by atoms with Crippen LogP contribution < -0.4 is 0 Å². The van der Waals surface area contributed by atoms with E-state index in [1.165, 1.54) is 38.9 Å². The Kier molecular flexibility index (Phi) is 8.73. The van der Waals surface area contributed by atoms with Crippen LogP contribution in [0.5, 0.6) is 0 Å². The standard InChI is InChI=1S/C40H39N2O3P/c1-41(39(43)44-28-37-35-23-13-11-21-33(35)34-22-12-14-24-36(34)37)25-32-26-42(27-38(46)45-32)40(29-15-5-2-6-16-29,30-17-7-3-8-18-30)31-19-9-4-10-20-31/h2-24,32,37-38H,25-28,46H2,1H3. The minimum atomic E-state index is -0.553. The van der Waals surface area contributed by atoms with Crippen LogP contribution >= 0.6 is 9.24 Å². The van der Waals surface area contributed by atoms with Crippen molar-refractivity contribution in [3.8, 4) is 11.1 Å². The molecule has 0 aromatic heterocycles. The SMILES string of the molecule is CN(CC1CN(C(c2ccccc2)(c2ccccc2)c2ccccc2)CC(P)O1)C(=O)OCC1c2ccccc2-c2ccccc21. The third-order valence-corrected chi connectivity index (χ3v) is 9.73. The van der Waals surface area contributed by atoms with Crippen LogP contribution in [0.1, 0.15) is 33.7 Å². The van der Waals surface area contributed by atoms with Crippen LogP contribution in [0.3, 0.4) is 0 Å². The number of carbonyl (C=O) groups excluding carboxylic acids is 1. The van der Waals surface area contributed by atoms with E-state index < -0.39 is 5.54 Å². The van der Waals surface area contributed by atoms with E-state index in [1.54, 1.807) is 11.9 Å². The second-order valence-electron chi connectivity index (χ2n) is 12.2. The van der Waals surface area contributed by atoms with Gasteiger partial charge in [0.1, 0.15) is 6.61 Å². The van der Waals surface area contributed by atoms with Gasteiger partial charge in [0.05, 0.1) is 24.0 Å². The lowest BCUT2D eigenvalue weighted by atomic mass is 9.75. The van der Waals surface area contributed by atoms with Crippen LogP contribution in [0.4, 0.5) is 4.79 Å². The summed E-state index contributed by atoms with van der Waals surface area (Å²) in [5.74, 6) is -0.101. The maximum Gasteiger partial charge on any atom is 0.409 e. The molecule has 5 nitrogen and oxygen atoms in total. The van der Waals surface area contributed by atoms with Crippen LogP contribution in [0.15, 0.2) is 140 Å². The van der Waals surface area contributed by atoms with E-state index in [-0.39, 0.29) is 24.0 Å². The molecule has 3 unspecified atom stereocenters. The molecule has 1 amide bonds.